The minimum atomic E-state index is -0.147. The molecule has 168 valence electrons. The van der Waals surface area contributed by atoms with Crippen LogP contribution in [0.15, 0.2) is 65.0 Å². The lowest BCUT2D eigenvalue weighted by atomic mass is 9.99. The van der Waals surface area contributed by atoms with Crippen LogP contribution in [0, 0.1) is 6.92 Å². The van der Waals surface area contributed by atoms with Gasteiger partial charge >= 0.3 is 0 Å². The average Bonchev–Trinajstić information content (AvgIpc) is 3.15. The number of pyridine rings is 1. The summed E-state index contributed by atoms with van der Waals surface area (Å²) in [6.45, 7) is 5.70. The Kier molecular flexibility index (Phi) is 5.91. The number of phenols is 1. The molecule has 6 nitrogen and oxygen atoms in total. The minimum absolute atomic E-state index is 0.147. The summed E-state index contributed by atoms with van der Waals surface area (Å²) in [4.78, 5) is 22.1. The van der Waals surface area contributed by atoms with Crippen LogP contribution in [0.2, 0.25) is 0 Å². The summed E-state index contributed by atoms with van der Waals surface area (Å²) < 4.78 is 7.04. The maximum absolute atomic E-state index is 13.1. The second-order valence-electron chi connectivity index (χ2n) is 8.34. The highest BCUT2D eigenvalue weighted by Crippen LogP contribution is 2.42. The zero-order valence-corrected chi connectivity index (χ0v) is 19.9. The Balaban J connectivity index is 1.37. The van der Waals surface area contributed by atoms with Gasteiger partial charge in [-0.05, 0) is 54.5 Å². The molecule has 2 aromatic carbocycles. The van der Waals surface area contributed by atoms with Crippen molar-refractivity contribution in [2.75, 3.05) is 31.1 Å². The first kappa shape index (κ1) is 21.7. The number of aromatic nitrogens is 1. The number of aryl methyl sites for hydroxylation is 1. The van der Waals surface area contributed by atoms with Crippen LogP contribution < -0.4 is 9.64 Å². The number of hydrogen-bond acceptors (Lipinski definition) is 6. The van der Waals surface area contributed by atoms with Gasteiger partial charge in [0.2, 0.25) is 5.78 Å². The van der Waals surface area contributed by atoms with Gasteiger partial charge in [0.05, 0.1) is 11.1 Å². The van der Waals surface area contributed by atoms with Gasteiger partial charge in [-0.25, -0.2) is 4.98 Å². The number of rotatable bonds is 4. The number of benzene rings is 2. The van der Waals surface area contributed by atoms with E-state index in [0.717, 1.165) is 47.6 Å². The Morgan fingerprint density at radius 1 is 1.12 bits per heavy atom. The highest BCUT2D eigenvalue weighted by Gasteiger charge is 2.34. The number of Topliss-reactive ketones (excluding diaryl/α,β-unsaturated/α-hetero) is 1. The number of anilines is 1. The summed E-state index contributed by atoms with van der Waals surface area (Å²) in [5.74, 6) is 1.76. The SMILES string of the molecule is Cc1cc(O)c(CN2CCN(c3ccccn3)CC2)c2c1C(=O)/C(=C/c1ccc(Br)cc1)O2. The van der Waals surface area contributed by atoms with E-state index in [1.54, 1.807) is 12.1 Å². The average molecular weight is 506 g/mol. The van der Waals surface area contributed by atoms with Crippen LogP contribution in [0.5, 0.6) is 11.5 Å². The zero-order valence-electron chi connectivity index (χ0n) is 18.3. The van der Waals surface area contributed by atoms with Gasteiger partial charge in [0, 0.05) is 43.4 Å². The van der Waals surface area contributed by atoms with Crippen molar-refractivity contribution < 1.29 is 14.6 Å². The molecule has 5 rings (SSSR count). The van der Waals surface area contributed by atoms with Crippen LogP contribution in [-0.2, 0) is 6.54 Å². The Hall–Kier alpha value is -3.16. The standard InChI is InChI=1S/C26H24BrN3O3/c1-17-14-21(31)20(16-29-10-12-30(13-11-29)23-4-2-3-9-28-23)26-24(17)25(32)22(33-26)15-18-5-7-19(27)8-6-18/h2-9,14-15,31H,10-13,16H2,1H3/b22-15-. The largest absolute Gasteiger partial charge is 0.507 e. The molecule has 3 aromatic rings. The molecule has 1 aromatic heterocycles. The van der Waals surface area contributed by atoms with E-state index in [4.69, 9.17) is 4.74 Å². The van der Waals surface area contributed by atoms with Gasteiger partial charge in [0.25, 0.3) is 0 Å². The van der Waals surface area contributed by atoms with Crippen LogP contribution in [0.3, 0.4) is 0 Å². The van der Waals surface area contributed by atoms with Gasteiger partial charge in [-0.2, -0.15) is 0 Å². The number of carbonyl (C=O) groups is 1. The fraction of sp³-hybridized carbons (Fsp3) is 0.231. The molecule has 1 saturated heterocycles. The van der Waals surface area contributed by atoms with E-state index in [2.05, 4.69) is 30.7 Å². The van der Waals surface area contributed by atoms with Crippen molar-refractivity contribution in [3.63, 3.8) is 0 Å². The number of piperazine rings is 1. The van der Waals surface area contributed by atoms with Crippen molar-refractivity contribution in [1.82, 2.24) is 9.88 Å². The summed E-state index contributed by atoms with van der Waals surface area (Å²) in [5, 5.41) is 10.7. The molecular formula is C26H24BrN3O3. The van der Waals surface area contributed by atoms with Crippen molar-refractivity contribution >= 4 is 33.6 Å². The van der Waals surface area contributed by atoms with Gasteiger partial charge in [0.15, 0.2) is 5.76 Å². The number of phenolic OH excluding ortho intramolecular Hbond substituents is 1. The number of fused-ring (bicyclic) bond motifs is 1. The number of ether oxygens (including phenoxy) is 1. The van der Waals surface area contributed by atoms with E-state index in [-0.39, 0.29) is 17.3 Å². The van der Waals surface area contributed by atoms with E-state index < -0.39 is 0 Å². The molecule has 0 atom stereocenters. The van der Waals surface area contributed by atoms with Crippen molar-refractivity contribution in [2.45, 2.75) is 13.5 Å². The molecule has 0 amide bonds. The van der Waals surface area contributed by atoms with E-state index in [1.165, 1.54) is 0 Å². The van der Waals surface area contributed by atoms with Crippen LogP contribution in [0.25, 0.3) is 6.08 Å². The molecule has 0 aliphatic carbocycles. The van der Waals surface area contributed by atoms with Gasteiger partial charge in [-0.1, -0.05) is 34.1 Å². The number of allylic oxidation sites excluding steroid dienone is 1. The molecule has 3 heterocycles. The molecule has 0 saturated carbocycles. The van der Waals surface area contributed by atoms with Gasteiger partial charge in [-0.3, -0.25) is 9.69 Å². The second-order valence-corrected chi connectivity index (χ2v) is 9.25. The molecule has 1 fully saturated rings. The first-order valence-corrected chi connectivity index (χ1v) is 11.7. The summed E-state index contributed by atoms with van der Waals surface area (Å²) in [6, 6.07) is 15.3. The summed E-state index contributed by atoms with van der Waals surface area (Å²) in [6.07, 6.45) is 3.56. The van der Waals surface area contributed by atoms with E-state index in [1.807, 2.05) is 55.6 Å². The normalized spacial score (nSPS) is 17.3. The maximum Gasteiger partial charge on any atom is 0.232 e. The third-order valence-corrected chi connectivity index (χ3v) is 6.64. The summed E-state index contributed by atoms with van der Waals surface area (Å²) in [5.41, 5.74) is 2.80. The molecule has 2 aliphatic rings. The number of nitrogens with zero attached hydrogens (tertiary/aromatic N) is 3. The Morgan fingerprint density at radius 3 is 2.58 bits per heavy atom. The van der Waals surface area contributed by atoms with Crippen molar-refractivity contribution in [1.29, 1.82) is 0 Å². The molecule has 0 radical (unpaired) electrons. The van der Waals surface area contributed by atoms with Crippen LogP contribution in [0.1, 0.15) is 27.0 Å². The lowest BCUT2D eigenvalue weighted by molar-refractivity contribution is 0.101. The quantitative estimate of drug-likeness (QED) is 0.514. The smallest absolute Gasteiger partial charge is 0.232 e. The molecule has 0 bridgehead atoms. The number of halogens is 1. The molecule has 2 aliphatic heterocycles. The predicted octanol–water partition coefficient (Wildman–Crippen LogP) is 4.80. The Bertz CT molecular complexity index is 1220. The van der Waals surface area contributed by atoms with Gasteiger partial charge in [0.1, 0.15) is 17.3 Å². The van der Waals surface area contributed by atoms with Crippen LogP contribution in [0.4, 0.5) is 5.82 Å². The Morgan fingerprint density at radius 2 is 1.88 bits per heavy atom. The number of ketones is 1. The van der Waals surface area contributed by atoms with Crippen molar-refractivity contribution in [3.05, 3.63) is 87.2 Å². The number of hydrogen-bond donors (Lipinski definition) is 1. The van der Waals surface area contributed by atoms with Gasteiger partial charge in [-0.15, -0.1) is 0 Å². The molecule has 0 unspecified atom stereocenters. The monoisotopic (exact) mass is 505 g/mol. The van der Waals surface area contributed by atoms with Crippen LogP contribution >= 0.6 is 15.9 Å². The molecule has 1 N–H and O–H groups in total. The lowest BCUT2D eigenvalue weighted by Gasteiger charge is -2.35. The first-order chi connectivity index (χ1) is 16.0. The second kappa shape index (κ2) is 9.00. The van der Waals surface area contributed by atoms with Crippen molar-refractivity contribution in [2.24, 2.45) is 0 Å². The van der Waals surface area contributed by atoms with E-state index in [0.29, 0.717) is 23.4 Å². The summed E-state index contributed by atoms with van der Waals surface area (Å²) in [7, 11) is 0. The molecular weight excluding hydrogens is 482 g/mol. The van der Waals surface area contributed by atoms with Crippen molar-refractivity contribution in [3.8, 4) is 11.5 Å². The van der Waals surface area contributed by atoms with Gasteiger partial charge < -0.3 is 14.7 Å². The minimum Gasteiger partial charge on any atom is -0.507 e. The fourth-order valence-electron chi connectivity index (χ4n) is 4.34. The fourth-order valence-corrected chi connectivity index (χ4v) is 4.61. The highest BCUT2D eigenvalue weighted by molar-refractivity contribution is 9.10. The third-order valence-electron chi connectivity index (χ3n) is 6.12. The summed E-state index contributed by atoms with van der Waals surface area (Å²) >= 11 is 3.43. The zero-order chi connectivity index (χ0) is 22.9. The molecule has 7 heteroatoms. The van der Waals surface area contributed by atoms with E-state index >= 15 is 0 Å². The third kappa shape index (κ3) is 4.38. The maximum atomic E-state index is 13.1. The Labute approximate surface area is 201 Å². The molecule has 0 spiro atoms. The first-order valence-electron chi connectivity index (χ1n) is 10.9. The highest BCUT2D eigenvalue weighted by atomic mass is 79.9. The topological polar surface area (TPSA) is 65.9 Å². The molecule has 33 heavy (non-hydrogen) atoms. The van der Waals surface area contributed by atoms with E-state index in [9.17, 15) is 9.90 Å². The number of carbonyl (C=O) groups excluding carboxylic acids is 1. The number of aromatic hydroxyl groups is 1. The lowest BCUT2D eigenvalue weighted by Crippen LogP contribution is -2.46. The predicted molar refractivity (Wildman–Crippen MR) is 132 cm³/mol. The van der Waals surface area contributed by atoms with Crippen LogP contribution in [-0.4, -0.2) is 47.0 Å².